The lowest BCUT2D eigenvalue weighted by atomic mass is 9.93. The summed E-state index contributed by atoms with van der Waals surface area (Å²) in [6.45, 7) is 9.65. The van der Waals surface area contributed by atoms with Crippen LogP contribution in [0.15, 0.2) is 23.2 Å². The van der Waals surface area contributed by atoms with Gasteiger partial charge in [-0.05, 0) is 49.3 Å². The minimum absolute atomic E-state index is 0.0226. The number of benzene rings is 1. The zero-order valence-corrected chi connectivity index (χ0v) is 17.5. The molecule has 0 N–H and O–H groups in total. The molecule has 26 heavy (non-hydrogen) atoms. The maximum absolute atomic E-state index is 12.8. The second-order valence-electron chi connectivity index (χ2n) is 7.86. The fourth-order valence-electron chi connectivity index (χ4n) is 3.03. The molecule has 1 fully saturated rings. The first-order chi connectivity index (χ1) is 12.2. The monoisotopic (exact) mass is 392 g/mol. The quantitative estimate of drug-likeness (QED) is 0.737. The Labute approximate surface area is 163 Å². The summed E-state index contributed by atoms with van der Waals surface area (Å²) in [5, 5.41) is 0.532. The van der Waals surface area contributed by atoms with E-state index in [1.807, 2.05) is 0 Å². The SMILES string of the molecule is COc1cc(Cl)ccc1C(=O)/N=c1\sc(C(C)(C)C)c(C)n1CC1CC1. The first-order valence-corrected chi connectivity index (χ1v) is 10.0. The fraction of sp³-hybridized carbons (Fsp3) is 0.500. The van der Waals surface area contributed by atoms with Crippen molar-refractivity contribution in [3.63, 3.8) is 0 Å². The van der Waals surface area contributed by atoms with Crippen molar-refractivity contribution in [1.29, 1.82) is 0 Å². The predicted molar refractivity (Wildman–Crippen MR) is 106 cm³/mol. The van der Waals surface area contributed by atoms with Gasteiger partial charge in [0.25, 0.3) is 5.91 Å². The van der Waals surface area contributed by atoms with Gasteiger partial charge in [0.2, 0.25) is 0 Å². The molecule has 1 heterocycles. The third kappa shape index (κ3) is 4.04. The molecule has 1 aromatic heterocycles. The molecule has 0 atom stereocenters. The molecule has 2 aromatic rings. The van der Waals surface area contributed by atoms with Crippen LogP contribution < -0.4 is 9.54 Å². The van der Waals surface area contributed by atoms with Crippen LogP contribution in [0, 0.1) is 12.8 Å². The van der Waals surface area contributed by atoms with E-state index >= 15 is 0 Å². The topological polar surface area (TPSA) is 43.6 Å². The van der Waals surface area contributed by atoms with Crippen LogP contribution >= 0.6 is 22.9 Å². The van der Waals surface area contributed by atoms with Gasteiger partial charge in [-0.15, -0.1) is 11.3 Å². The van der Waals surface area contributed by atoms with Crippen molar-refractivity contribution in [2.24, 2.45) is 10.9 Å². The van der Waals surface area contributed by atoms with Crippen LogP contribution in [0.3, 0.4) is 0 Å². The van der Waals surface area contributed by atoms with Crippen molar-refractivity contribution in [3.8, 4) is 5.75 Å². The molecule has 1 aromatic carbocycles. The molecule has 140 valence electrons. The van der Waals surface area contributed by atoms with Crippen LogP contribution in [0.25, 0.3) is 0 Å². The number of nitrogens with zero attached hydrogens (tertiary/aromatic N) is 2. The van der Waals surface area contributed by atoms with Crippen LogP contribution in [0.1, 0.15) is 54.5 Å². The van der Waals surface area contributed by atoms with Gasteiger partial charge in [0.05, 0.1) is 12.7 Å². The van der Waals surface area contributed by atoms with Gasteiger partial charge in [-0.1, -0.05) is 32.4 Å². The van der Waals surface area contributed by atoms with E-state index in [-0.39, 0.29) is 11.3 Å². The second-order valence-corrected chi connectivity index (χ2v) is 9.28. The van der Waals surface area contributed by atoms with Crippen LogP contribution in [0.2, 0.25) is 5.02 Å². The van der Waals surface area contributed by atoms with Crippen molar-refractivity contribution in [2.75, 3.05) is 7.11 Å². The number of thiazole rings is 1. The number of hydrogen-bond donors (Lipinski definition) is 0. The summed E-state index contributed by atoms with van der Waals surface area (Å²) >= 11 is 7.61. The van der Waals surface area contributed by atoms with Gasteiger partial charge in [-0.3, -0.25) is 4.79 Å². The Balaban J connectivity index is 2.08. The highest BCUT2D eigenvalue weighted by Gasteiger charge is 2.27. The number of ether oxygens (including phenoxy) is 1. The fourth-order valence-corrected chi connectivity index (χ4v) is 4.39. The molecule has 0 saturated heterocycles. The van der Waals surface area contributed by atoms with E-state index in [9.17, 15) is 4.79 Å². The van der Waals surface area contributed by atoms with Crippen LogP contribution in [0.5, 0.6) is 5.75 Å². The minimum atomic E-state index is -0.301. The second kappa shape index (κ2) is 7.20. The van der Waals surface area contributed by atoms with E-state index in [1.165, 1.54) is 30.5 Å². The lowest BCUT2D eigenvalue weighted by Gasteiger charge is -2.17. The number of amides is 1. The maximum atomic E-state index is 12.8. The zero-order chi connectivity index (χ0) is 19.1. The number of carbonyl (C=O) groups excluding carboxylic acids is 1. The Morgan fingerprint density at radius 3 is 2.65 bits per heavy atom. The van der Waals surface area contributed by atoms with Gasteiger partial charge in [0.1, 0.15) is 5.75 Å². The number of halogens is 1. The molecule has 0 bridgehead atoms. The van der Waals surface area contributed by atoms with Gasteiger partial charge in [-0.2, -0.15) is 4.99 Å². The number of aromatic nitrogens is 1. The molecule has 0 spiro atoms. The molecule has 6 heteroatoms. The third-order valence-electron chi connectivity index (χ3n) is 4.57. The summed E-state index contributed by atoms with van der Waals surface area (Å²) in [5.74, 6) is 0.851. The molecule has 1 aliphatic rings. The molecule has 1 saturated carbocycles. The number of hydrogen-bond acceptors (Lipinski definition) is 3. The van der Waals surface area contributed by atoms with E-state index in [1.54, 1.807) is 29.5 Å². The molecule has 3 rings (SSSR count). The lowest BCUT2D eigenvalue weighted by Crippen LogP contribution is -2.20. The lowest BCUT2D eigenvalue weighted by molar-refractivity contribution is 0.0994. The van der Waals surface area contributed by atoms with E-state index in [4.69, 9.17) is 16.3 Å². The average Bonchev–Trinajstić information content (AvgIpc) is 3.33. The summed E-state index contributed by atoms with van der Waals surface area (Å²) in [6.07, 6.45) is 2.51. The van der Waals surface area contributed by atoms with Crippen molar-refractivity contribution in [2.45, 2.75) is 52.5 Å². The first-order valence-electron chi connectivity index (χ1n) is 8.84. The van der Waals surface area contributed by atoms with Gasteiger partial charge >= 0.3 is 0 Å². The molecule has 0 aliphatic heterocycles. The summed E-state index contributed by atoms with van der Waals surface area (Å²) in [7, 11) is 1.53. The van der Waals surface area contributed by atoms with Gasteiger partial charge in [0.15, 0.2) is 4.80 Å². The standard InChI is InChI=1S/C20H25ClN2O2S/c1-12-17(20(2,3)4)26-19(23(12)11-13-6-7-13)22-18(24)15-9-8-14(21)10-16(15)25-5/h8-10,13H,6-7,11H2,1-5H3/b22-19-. The normalized spacial score (nSPS) is 15.4. The van der Waals surface area contributed by atoms with E-state index in [0.717, 1.165) is 11.3 Å². The van der Waals surface area contributed by atoms with Crippen LogP contribution in [0.4, 0.5) is 0 Å². The van der Waals surface area contributed by atoms with Gasteiger partial charge in [0, 0.05) is 22.1 Å². The van der Waals surface area contributed by atoms with Gasteiger partial charge in [-0.25, -0.2) is 0 Å². The zero-order valence-electron chi connectivity index (χ0n) is 15.9. The van der Waals surface area contributed by atoms with Crippen molar-refractivity contribution < 1.29 is 9.53 Å². The molecule has 1 amide bonds. The molecular formula is C20H25ClN2O2S. The summed E-state index contributed by atoms with van der Waals surface area (Å²) in [5.41, 5.74) is 1.66. The first kappa shape index (κ1) is 19.2. The number of methoxy groups -OCH3 is 1. The highest BCUT2D eigenvalue weighted by Crippen LogP contribution is 2.33. The summed E-state index contributed by atoms with van der Waals surface area (Å²) < 4.78 is 7.52. The molecule has 0 radical (unpaired) electrons. The van der Waals surface area contributed by atoms with Crippen molar-refractivity contribution in [1.82, 2.24) is 4.57 Å². The van der Waals surface area contributed by atoms with Crippen molar-refractivity contribution in [3.05, 3.63) is 44.2 Å². The Bertz CT molecular complexity index is 902. The molecular weight excluding hydrogens is 368 g/mol. The summed E-state index contributed by atoms with van der Waals surface area (Å²) in [6, 6.07) is 5.00. The Morgan fingerprint density at radius 2 is 2.08 bits per heavy atom. The van der Waals surface area contributed by atoms with E-state index in [2.05, 4.69) is 37.3 Å². The molecule has 4 nitrogen and oxygen atoms in total. The Hall–Kier alpha value is -1.59. The third-order valence-corrected chi connectivity index (χ3v) is 6.41. The van der Waals surface area contributed by atoms with Gasteiger partial charge < -0.3 is 9.30 Å². The van der Waals surface area contributed by atoms with E-state index in [0.29, 0.717) is 22.3 Å². The number of rotatable bonds is 4. The van der Waals surface area contributed by atoms with Crippen LogP contribution in [-0.2, 0) is 12.0 Å². The van der Waals surface area contributed by atoms with Crippen molar-refractivity contribution >= 4 is 28.8 Å². The number of carbonyl (C=O) groups is 1. The Kier molecular flexibility index (Phi) is 5.31. The highest BCUT2D eigenvalue weighted by molar-refractivity contribution is 7.09. The molecule has 0 unspecified atom stereocenters. The smallest absolute Gasteiger partial charge is 0.283 e. The predicted octanol–water partition coefficient (Wildman–Crippen LogP) is 4.97. The maximum Gasteiger partial charge on any atom is 0.283 e. The largest absolute Gasteiger partial charge is 0.496 e. The van der Waals surface area contributed by atoms with Crippen LogP contribution in [-0.4, -0.2) is 17.6 Å². The molecule has 1 aliphatic carbocycles. The Morgan fingerprint density at radius 1 is 1.38 bits per heavy atom. The average molecular weight is 393 g/mol. The minimum Gasteiger partial charge on any atom is -0.496 e. The highest BCUT2D eigenvalue weighted by atomic mass is 35.5. The van der Waals surface area contributed by atoms with E-state index < -0.39 is 0 Å². The summed E-state index contributed by atoms with van der Waals surface area (Å²) in [4.78, 5) is 19.3.